The van der Waals surface area contributed by atoms with Gasteiger partial charge in [-0.05, 0) is 44.5 Å². The minimum atomic E-state index is 0.0300. The molecular weight excluding hydrogens is 276 g/mol. The average Bonchev–Trinajstić information content (AvgIpc) is 3.13. The highest BCUT2D eigenvalue weighted by atomic mass is 16.2. The lowest BCUT2D eigenvalue weighted by molar-refractivity contribution is 0.0787. The van der Waals surface area contributed by atoms with E-state index in [2.05, 4.69) is 15.6 Å². The van der Waals surface area contributed by atoms with Gasteiger partial charge in [-0.15, -0.1) is 0 Å². The van der Waals surface area contributed by atoms with Gasteiger partial charge in [0.2, 0.25) is 0 Å². The first kappa shape index (κ1) is 14.3. The molecule has 22 heavy (non-hydrogen) atoms. The number of aromatic nitrogens is 2. The lowest BCUT2D eigenvalue weighted by Gasteiger charge is -2.19. The molecule has 1 fully saturated rings. The van der Waals surface area contributed by atoms with Crippen molar-refractivity contribution < 1.29 is 4.79 Å². The minimum Gasteiger partial charge on any atom is -0.336 e. The highest BCUT2D eigenvalue weighted by Gasteiger charge is 2.29. The summed E-state index contributed by atoms with van der Waals surface area (Å²) in [6.07, 6.45) is 2.82. The molecule has 0 aliphatic carbocycles. The van der Waals surface area contributed by atoms with Crippen LogP contribution in [-0.2, 0) is 0 Å². The molecule has 1 aliphatic rings. The fraction of sp³-hybridized carbons (Fsp3) is 0.353. The minimum absolute atomic E-state index is 0.0300. The number of nitrogens with zero attached hydrogens (tertiary/aromatic N) is 4. The number of hydrogen-bond acceptors (Lipinski definition) is 3. The van der Waals surface area contributed by atoms with Gasteiger partial charge in [0.15, 0.2) is 0 Å². The molecule has 5 nitrogen and oxygen atoms in total. The quantitative estimate of drug-likeness (QED) is 0.854. The van der Waals surface area contributed by atoms with Crippen molar-refractivity contribution in [1.82, 2.24) is 14.5 Å². The van der Waals surface area contributed by atoms with Gasteiger partial charge in [-0.3, -0.25) is 4.79 Å². The molecule has 2 aromatic rings. The van der Waals surface area contributed by atoms with E-state index in [1.807, 2.05) is 24.9 Å². The zero-order valence-electron chi connectivity index (χ0n) is 12.8. The van der Waals surface area contributed by atoms with Gasteiger partial charge in [0.1, 0.15) is 5.82 Å². The summed E-state index contributed by atoms with van der Waals surface area (Å²) < 4.78 is 2.21. The Balaban J connectivity index is 1.74. The molecule has 1 aromatic heterocycles. The van der Waals surface area contributed by atoms with Crippen molar-refractivity contribution in [3.05, 3.63) is 53.1 Å². The predicted molar refractivity (Wildman–Crippen MR) is 82.4 cm³/mol. The van der Waals surface area contributed by atoms with Gasteiger partial charge in [-0.25, -0.2) is 4.98 Å². The zero-order valence-corrected chi connectivity index (χ0v) is 12.8. The van der Waals surface area contributed by atoms with E-state index in [0.717, 1.165) is 24.5 Å². The molecule has 1 atom stereocenters. The van der Waals surface area contributed by atoms with E-state index >= 15 is 0 Å². The molecule has 1 amide bonds. The lowest BCUT2D eigenvalue weighted by atomic mass is 10.1. The molecule has 1 aliphatic heterocycles. The summed E-state index contributed by atoms with van der Waals surface area (Å²) in [5, 5.41) is 8.82. The third kappa shape index (κ3) is 2.48. The maximum atomic E-state index is 12.5. The molecule has 0 saturated carbocycles. The smallest absolute Gasteiger partial charge is 0.253 e. The molecule has 1 aromatic carbocycles. The largest absolute Gasteiger partial charge is 0.336 e. The van der Waals surface area contributed by atoms with Crippen LogP contribution >= 0.6 is 0 Å². The predicted octanol–water partition coefficient (Wildman–Crippen LogP) is 2.46. The van der Waals surface area contributed by atoms with Gasteiger partial charge in [0.05, 0.1) is 17.7 Å². The Morgan fingerprint density at radius 3 is 2.64 bits per heavy atom. The van der Waals surface area contributed by atoms with Crippen molar-refractivity contribution >= 4 is 5.91 Å². The lowest BCUT2D eigenvalue weighted by Crippen LogP contribution is -2.29. The summed E-state index contributed by atoms with van der Waals surface area (Å²) in [4.78, 5) is 18.8. The molecule has 2 heterocycles. The van der Waals surface area contributed by atoms with Crippen LogP contribution < -0.4 is 0 Å². The first-order valence-electron chi connectivity index (χ1n) is 7.40. The van der Waals surface area contributed by atoms with E-state index in [1.165, 1.54) is 0 Å². The van der Waals surface area contributed by atoms with Crippen molar-refractivity contribution in [3.8, 4) is 6.07 Å². The Morgan fingerprint density at radius 2 is 2.05 bits per heavy atom. The summed E-state index contributed by atoms with van der Waals surface area (Å²) in [5.41, 5.74) is 2.34. The highest BCUT2D eigenvalue weighted by molar-refractivity contribution is 5.94. The van der Waals surface area contributed by atoms with Crippen LogP contribution in [0.1, 0.15) is 39.9 Å². The number of carbonyl (C=O) groups excluding carboxylic acids is 1. The number of likely N-dealkylation sites (tertiary alicyclic amines) is 1. The average molecular weight is 294 g/mol. The van der Waals surface area contributed by atoms with Gasteiger partial charge >= 0.3 is 0 Å². The fourth-order valence-electron chi connectivity index (χ4n) is 3.13. The zero-order chi connectivity index (χ0) is 15.7. The van der Waals surface area contributed by atoms with Crippen molar-refractivity contribution in [1.29, 1.82) is 5.26 Å². The molecule has 5 heteroatoms. The topological polar surface area (TPSA) is 61.9 Å². The number of rotatable bonds is 2. The van der Waals surface area contributed by atoms with Crippen LogP contribution in [0.3, 0.4) is 0 Å². The molecular formula is C17H18N4O. The molecule has 1 saturated heterocycles. The van der Waals surface area contributed by atoms with Crippen molar-refractivity contribution in [2.45, 2.75) is 26.3 Å². The third-order valence-electron chi connectivity index (χ3n) is 4.24. The van der Waals surface area contributed by atoms with Crippen molar-refractivity contribution in [2.24, 2.45) is 0 Å². The van der Waals surface area contributed by atoms with Crippen LogP contribution in [0.25, 0.3) is 0 Å². The molecule has 0 N–H and O–H groups in total. The van der Waals surface area contributed by atoms with E-state index < -0.39 is 0 Å². The van der Waals surface area contributed by atoms with E-state index in [4.69, 9.17) is 5.26 Å². The monoisotopic (exact) mass is 294 g/mol. The molecule has 3 rings (SSSR count). The van der Waals surface area contributed by atoms with Crippen LogP contribution in [0.2, 0.25) is 0 Å². The molecule has 112 valence electrons. The van der Waals surface area contributed by atoms with Crippen LogP contribution in [0, 0.1) is 25.2 Å². The summed E-state index contributed by atoms with van der Waals surface area (Å²) in [7, 11) is 0. The SMILES string of the molecule is Cc1cnc(C)n1C1CCN(C(=O)c2ccc(C#N)cc2)C1. The van der Waals surface area contributed by atoms with E-state index in [9.17, 15) is 4.79 Å². The van der Waals surface area contributed by atoms with Gasteiger partial charge in [-0.1, -0.05) is 0 Å². The Morgan fingerprint density at radius 1 is 1.32 bits per heavy atom. The third-order valence-corrected chi connectivity index (χ3v) is 4.24. The maximum Gasteiger partial charge on any atom is 0.253 e. The normalized spacial score (nSPS) is 17.5. The summed E-state index contributed by atoms with van der Waals surface area (Å²) >= 11 is 0. The van der Waals surface area contributed by atoms with Crippen molar-refractivity contribution in [3.63, 3.8) is 0 Å². The van der Waals surface area contributed by atoms with E-state index in [-0.39, 0.29) is 5.91 Å². The van der Waals surface area contributed by atoms with Gasteiger partial charge in [0, 0.05) is 30.5 Å². The number of aryl methyl sites for hydroxylation is 2. The Hall–Kier alpha value is -2.61. The van der Waals surface area contributed by atoms with Crippen LogP contribution in [0.15, 0.2) is 30.5 Å². The first-order chi connectivity index (χ1) is 10.6. The van der Waals surface area contributed by atoms with Crippen molar-refractivity contribution in [2.75, 3.05) is 13.1 Å². The maximum absolute atomic E-state index is 12.5. The molecule has 0 bridgehead atoms. The Bertz CT molecular complexity index is 720. The van der Waals surface area contributed by atoms with Gasteiger partial charge in [0.25, 0.3) is 5.91 Å². The number of carbonyl (C=O) groups is 1. The summed E-state index contributed by atoms with van der Waals surface area (Å²) in [5.74, 6) is 1.03. The highest BCUT2D eigenvalue weighted by Crippen LogP contribution is 2.25. The Labute approximate surface area is 129 Å². The second-order valence-corrected chi connectivity index (χ2v) is 5.70. The van der Waals surface area contributed by atoms with Gasteiger partial charge < -0.3 is 9.47 Å². The second-order valence-electron chi connectivity index (χ2n) is 5.70. The number of amides is 1. The summed E-state index contributed by atoms with van der Waals surface area (Å²) in [6, 6.07) is 9.18. The summed E-state index contributed by atoms with van der Waals surface area (Å²) in [6.45, 7) is 5.50. The second kappa shape index (κ2) is 5.64. The number of hydrogen-bond donors (Lipinski definition) is 0. The molecule has 0 radical (unpaired) electrons. The van der Waals surface area contributed by atoms with Gasteiger partial charge in [-0.2, -0.15) is 5.26 Å². The van der Waals surface area contributed by atoms with Crippen LogP contribution in [0.4, 0.5) is 0 Å². The van der Waals surface area contributed by atoms with Crippen LogP contribution in [0.5, 0.6) is 0 Å². The fourth-order valence-corrected chi connectivity index (χ4v) is 3.13. The van der Waals surface area contributed by atoms with E-state index in [0.29, 0.717) is 23.7 Å². The Kier molecular flexibility index (Phi) is 3.68. The number of benzene rings is 1. The molecule has 0 spiro atoms. The first-order valence-corrected chi connectivity index (χ1v) is 7.40. The number of nitriles is 1. The standard InChI is InChI=1S/C17H18N4O/c1-12-10-19-13(2)21(12)16-7-8-20(11-16)17(22)15-5-3-14(9-18)4-6-15/h3-6,10,16H,7-8,11H2,1-2H3. The number of imidazole rings is 1. The van der Waals surface area contributed by atoms with Crippen LogP contribution in [-0.4, -0.2) is 33.4 Å². The molecule has 1 unspecified atom stereocenters. The van der Waals surface area contributed by atoms with E-state index in [1.54, 1.807) is 24.3 Å².